The number of halogens is 1. The van der Waals surface area contributed by atoms with Gasteiger partial charge in [0.25, 0.3) is 5.09 Å². The number of carbonyl (C=O) groups is 4. The summed E-state index contributed by atoms with van der Waals surface area (Å²) < 4.78 is 32.1. The average molecular weight is 691 g/mol. The van der Waals surface area contributed by atoms with Crippen molar-refractivity contribution in [1.82, 2.24) is 0 Å². The Morgan fingerprint density at radius 1 is 1.08 bits per heavy atom. The van der Waals surface area contributed by atoms with Crippen LogP contribution < -0.4 is 5.73 Å². The molecule has 0 radical (unpaired) electrons. The van der Waals surface area contributed by atoms with E-state index < -0.39 is 94.8 Å². The minimum absolute atomic E-state index is 0.0168. The summed E-state index contributed by atoms with van der Waals surface area (Å²) in [5.41, 5.74) is -0.496. The Bertz CT molecular complexity index is 1600. The number of esters is 1. The van der Waals surface area contributed by atoms with Gasteiger partial charge in [-0.15, -0.1) is 10.1 Å². The van der Waals surface area contributed by atoms with Gasteiger partial charge in [-0.3, -0.25) is 14.4 Å². The zero-order valence-corrected chi connectivity index (χ0v) is 26.9. The highest BCUT2D eigenvalue weighted by molar-refractivity contribution is 5.94. The molecule has 4 aliphatic rings. The van der Waals surface area contributed by atoms with E-state index in [1.54, 1.807) is 31.2 Å². The molecule has 9 atom stereocenters. The van der Waals surface area contributed by atoms with Gasteiger partial charge >= 0.3 is 12.1 Å². The Morgan fingerprint density at radius 3 is 2.43 bits per heavy atom. The van der Waals surface area contributed by atoms with Crippen molar-refractivity contribution in [1.29, 1.82) is 0 Å². The summed E-state index contributed by atoms with van der Waals surface area (Å²) >= 11 is 0. The van der Waals surface area contributed by atoms with Gasteiger partial charge in [-0.1, -0.05) is 48.9 Å². The number of hydrogen-bond donors (Lipinski definition) is 4. The molecule has 1 aromatic rings. The van der Waals surface area contributed by atoms with Crippen LogP contribution in [-0.4, -0.2) is 86.8 Å². The number of rotatable bonds is 11. The zero-order valence-electron chi connectivity index (χ0n) is 26.9. The fourth-order valence-corrected chi connectivity index (χ4v) is 8.35. The molecule has 4 aliphatic carbocycles. The van der Waals surface area contributed by atoms with Gasteiger partial charge in [-0.05, 0) is 49.3 Å². The quantitative estimate of drug-likeness (QED) is 0.112. The summed E-state index contributed by atoms with van der Waals surface area (Å²) in [6.07, 6.45) is -0.464. The smallest absolute Gasteiger partial charge is 0.456 e. The SMILES string of the molecule is C[C@]12C=CC(=O)CC1=CC[C@H]1[C@@H]3C[C@@H](O)[C@](O)(C(=O)COC(=O)C(N)COC(=O)OCc4ccccc4CO[N+](=O)[O-])[C@@]3(C)C[C@H](O)[C@@]12F. The van der Waals surface area contributed by atoms with E-state index in [0.717, 1.165) is 0 Å². The third kappa shape index (κ3) is 6.00. The maximum atomic E-state index is 17.3. The number of aliphatic hydroxyl groups is 3. The fourth-order valence-electron chi connectivity index (χ4n) is 8.35. The minimum atomic E-state index is -2.52. The molecule has 2 saturated carbocycles. The number of nitrogens with two attached hydrogens (primary N) is 1. The van der Waals surface area contributed by atoms with Gasteiger partial charge < -0.3 is 40.1 Å². The summed E-state index contributed by atoms with van der Waals surface area (Å²) in [7, 11) is 0. The molecule has 0 aromatic heterocycles. The van der Waals surface area contributed by atoms with Crippen molar-refractivity contribution in [3.8, 4) is 0 Å². The molecule has 5 rings (SSSR count). The number of ether oxygens (including phenoxy) is 3. The Kier molecular flexibility index (Phi) is 9.73. The molecule has 0 aliphatic heterocycles. The van der Waals surface area contributed by atoms with Crippen LogP contribution in [-0.2, 0) is 46.6 Å². The van der Waals surface area contributed by atoms with Gasteiger partial charge in [-0.25, -0.2) is 9.18 Å². The Labute approximate surface area is 279 Å². The number of carbonyl (C=O) groups excluding carboxylic acids is 4. The Morgan fingerprint density at radius 2 is 1.76 bits per heavy atom. The van der Waals surface area contributed by atoms with Crippen LogP contribution in [0.15, 0.2) is 48.1 Å². The molecular formula is C33H39FN2O13. The second-order valence-corrected chi connectivity index (χ2v) is 13.5. The lowest BCUT2D eigenvalue weighted by Crippen LogP contribution is -2.69. The number of hydrogen-bond acceptors (Lipinski definition) is 14. The number of nitrogens with zero attached hydrogens (tertiary/aromatic N) is 1. The van der Waals surface area contributed by atoms with Crippen molar-refractivity contribution in [3.05, 3.63) is 69.3 Å². The van der Waals surface area contributed by atoms with E-state index in [4.69, 9.17) is 19.9 Å². The summed E-state index contributed by atoms with van der Waals surface area (Å²) in [6.45, 7) is 0.661. The fraction of sp³-hybridized carbons (Fsp3) is 0.576. The van der Waals surface area contributed by atoms with E-state index in [-0.39, 0.29) is 38.3 Å². The lowest BCUT2D eigenvalue weighted by Gasteiger charge is -2.61. The van der Waals surface area contributed by atoms with Crippen LogP contribution in [0.1, 0.15) is 50.7 Å². The Balaban J connectivity index is 1.18. The molecule has 5 N–H and O–H groups in total. The van der Waals surface area contributed by atoms with Crippen LogP contribution in [0.4, 0.5) is 9.18 Å². The lowest BCUT2D eigenvalue weighted by molar-refractivity contribution is -0.763. The number of aliphatic hydroxyl groups excluding tert-OH is 2. The van der Waals surface area contributed by atoms with E-state index in [1.807, 2.05) is 0 Å². The van der Waals surface area contributed by atoms with Gasteiger partial charge in [0.05, 0.1) is 12.2 Å². The maximum Gasteiger partial charge on any atom is 0.508 e. The van der Waals surface area contributed by atoms with Gasteiger partial charge in [0.1, 0.15) is 25.9 Å². The predicted molar refractivity (Wildman–Crippen MR) is 163 cm³/mol. The van der Waals surface area contributed by atoms with Crippen molar-refractivity contribution in [2.24, 2.45) is 28.4 Å². The second-order valence-electron chi connectivity index (χ2n) is 13.5. The summed E-state index contributed by atoms with van der Waals surface area (Å²) in [5.74, 6) is -4.12. The van der Waals surface area contributed by atoms with E-state index in [1.165, 1.54) is 25.1 Å². The van der Waals surface area contributed by atoms with E-state index in [0.29, 0.717) is 16.7 Å². The van der Waals surface area contributed by atoms with Crippen LogP contribution >= 0.6 is 0 Å². The minimum Gasteiger partial charge on any atom is -0.456 e. The molecule has 49 heavy (non-hydrogen) atoms. The maximum absolute atomic E-state index is 17.3. The molecule has 16 heteroatoms. The number of benzene rings is 1. The number of ketones is 2. The van der Waals surface area contributed by atoms with Crippen LogP contribution in [0.5, 0.6) is 0 Å². The molecule has 0 saturated heterocycles. The van der Waals surface area contributed by atoms with E-state index in [9.17, 15) is 44.6 Å². The number of fused-ring (bicyclic) bond motifs is 5. The predicted octanol–water partition coefficient (Wildman–Crippen LogP) is 1.56. The highest BCUT2D eigenvalue weighted by Crippen LogP contribution is 2.69. The van der Waals surface area contributed by atoms with Crippen LogP contribution in [0.3, 0.4) is 0 Å². The normalized spacial score (nSPS) is 35.2. The first-order chi connectivity index (χ1) is 23.0. The van der Waals surface area contributed by atoms with Crippen molar-refractivity contribution < 1.29 is 63.0 Å². The van der Waals surface area contributed by atoms with E-state index >= 15 is 4.39 Å². The molecule has 0 amide bonds. The van der Waals surface area contributed by atoms with Crippen LogP contribution in [0.2, 0.25) is 0 Å². The highest BCUT2D eigenvalue weighted by atomic mass is 19.1. The zero-order chi connectivity index (χ0) is 35.9. The molecular weight excluding hydrogens is 651 g/mol. The van der Waals surface area contributed by atoms with Crippen molar-refractivity contribution in [2.75, 3.05) is 13.2 Å². The third-order valence-electron chi connectivity index (χ3n) is 11.1. The van der Waals surface area contributed by atoms with E-state index in [2.05, 4.69) is 4.84 Å². The Hall–Kier alpha value is -4.25. The van der Waals surface area contributed by atoms with Crippen molar-refractivity contribution >= 4 is 23.7 Å². The van der Waals surface area contributed by atoms with Gasteiger partial charge in [0.2, 0.25) is 5.78 Å². The molecule has 266 valence electrons. The molecule has 2 fully saturated rings. The molecule has 15 nitrogen and oxygen atoms in total. The van der Waals surface area contributed by atoms with Gasteiger partial charge in [0.15, 0.2) is 23.7 Å². The first kappa shape index (κ1) is 36.0. The topological polar surface area (TPSA) is 235 Å². The molecule has 1 unspecified atom stereocenters. The molecule has 0 spiro atoms. The van der Waals surface area contributed by atoms with Crippen LogP contribution in [0, 0.1) is 32.8 Å². The van der Waals surface area contributed by atoms with Gasteiger partial charge in [-0.2, -0.15) is 0 Å². The number of alkyl halides is 1. The monoisotopic (exact) mass is 690 g/mol. The summed E-state index contributed by atoms with van der Waals surface area (Å²) in [6, 6.07) is 4.73. The average Bonchev–Trinajstić information content (AvgIpc) is 3.26. The van der Waals surface area contributed by atoms with Gasteiger partial charge in [0, 0.05) is 23.2 Å². The van der Waals surface area contributed by atoms with Crippen molar-refractivity contribution in [3.63, 3.8) is 0 Å². The second kappa shape index (κ2) is 13.2. The van der Waals surface area contributed by atoms with Crippen LogP contribution in [0.25, 0.3) is 0 Å². The highest BCUT2D eigenvalue weighted by Gasteiger charge is 2.76. The standard InChI is InChI=1S/C33H39FN2O13/c1-30-10-9-21(37)11-20(30)7-8-22-23-12-25(38)33(43,31(23,2)13-26(39)32(22,30)34)27(40)17-46-28(41)24(35)16-48-29(42)47-14-18-5-3-4-6-19(18)15-49-36(44)45/h3-7,9-10,22-26,38-39,43H,8,11-17,35H2,1-2H3/t22-,23-,24?,25+,26-,30-,31-,32-,33-/m0/s1. The molecule has 0 heterocycles. The molecule has 0 bridgehead atoms. The summed E-state index contributed by atoms with van der Waals surface area (Å²) in [5, 5.41) is 43.8. The number of Topliss-reactive ketones (excluding diaryl/α,β-unsaturated/α-hetero) is 1. The van der Waals surface area contributed by atoms with Crippen molar-refractivity contribution in [2.45, 2.75) is 82.3 Å². The first-order valence-corrected chi connectivity index (χ1v) is 15.8. The largest absolute Gasteiger partial charge is 0.508 e. The number of allylic oxidation sites excluding steroid dienone is 4. The first-order valence-electron chi connectivity index (χ1n) is 15.8. The summed E-state index contributed by atoms with van der Waals surface area (Å²) in [4.78, 5) is 65.1. The lowest BCUT2D eigenvalue weighted by atomic mass is 9.45. The molecule has 1 aromatic carbocycles. The third-order valence-corrected chi connectivity index (χ3v) is 11.1.